The van der Waals surface area contributed by atoms with E-state index in [1.807, 2.05) is 38.1 Å². The summed E-state index contributed by atoms with van der Waals surface area (Å²) in [5, 5.41) is 17.7. The number of anilines is 2. The fourth-order valence-electron chi connectivity index (χ4n) is 5.02. The molecule has 2 amide bonds. The monoisotopic (exact) mass is 504 g/mol. The number of hydrogen-bond acceptors (Lipinski definition) is 4. The third-order valence-corrected chi connectivity index (χ3v) is 7.14. The molecule has 3 N–H and O–H groups in total. The topological polar surface area (TPSA) is 95.5 Å². The molecule has 1 aliphatic carbocycles. The van der Waals surface area contributed by atoms with Gasteiger partial charge < -0.3 is 15.7 Å². The molecule has 6 nitrogen and oxygen atoms in total. The van der Waals surface area contributed by atoms with Crippen molar-refractivity contribution >= 4 is 40.6 Å². The van der Waals surface area contributed by atoms with Crippen LogP contribution in [-0.4, -0.2) is 28.3 Å². The molecule has 0 unspecified atom stereocenters. The fraction of sp³-hybridized carbons (Fsp3) is 0.276. The Labute approximate surface area is 215 Å². The average molecular weight is 505 g/mol. The van der Waals surface area contributed by atoms with Crippen LogP contribution in [0.2, 0.25) is 5.02 Å². The number of Topliss-reactive ketones (excluding diaryl/α,β-unsaturated/α-hetero) is 1. The molecule has 36 heavy (non-hydrogen) atoms. The van der Waals surface area contributed by atoms with E-state index in [9.17, 15) is 19.5 Å². The largest absolute Gasteiger partial charge is 0.389 e. The minimum Gasteiger partial charge on any atom is -0.389 e. The minimum absolute atomic E-state index is 0.325. The number of aryl methyl sites for hydroxylation is 2. The van der Waals surface area contributed by atoms with Crippen molar-refractivity contribution in [1.82, 2.24) is 0 Å². The lowest BCUT2D eigenvalue weighted by atomic mass is 9.61. The van der Waals surface area contributed by atoms with Crippen molar-refractivity contribution in [1.29, 1.82) is 0 Å². The molecule has 7 heteroatoms. The maximum absolute atomic E-state index is 13.7. The number of amides is 2. The predicted molar refractivity (Wildman–Crippen MR) is 141 cm³/mol. The van der Waals surface area contributed by atoms with E-state index in [4.69, 9.17) is 11.6 Å². The van der Waals surface area contributed by atoms with E-state index in [1.165, 1.54) is 6.92 Å². The summed E-state index contributed by atoms with van der Waals surface area (Å²) in [5.74, 6) is -4.58. The Kier molecular flexibility index (Phi) is 7.29. The lowest BCUT2D eigenvalue weighted by molar-refractivity contribution is -0.150. The molecule has 4 atom stereocenters. The number of benzene rings is 3. The SMILES string of the molecule is Cc1ccccc1NC(=O)[C@H]1C(=O)C[C@](C)(O)[C@@H](C(=O)Nc2ccccc2C)[C@@H]1c1ccc(Cl)cc1. The van der Waals surface area contributed by atoms with Gasteiger partial charge >= 0.3 is 0 Å². The Hall–Kier alpha value is -3.48. The second-order valence-electron chi connectivity index (χ2n) is 9.64. The van der Waals surface area contributed by atoms with Crippen LogP contribution >= 0.6 is 11.6 Å². The highest BCUT2D eigenvalue weighted by Crippen LogP contribution is 2.47. The molecule has 0 spiro atoms. The fourth-order valence-corrected chi connectivity index (χ4v) is 5.15. The van der Waals surface area contributed by atoms with Gasteiger partial charge in [0.05, 0.1) is 11.5 Å². The summed E-state index contributed by atoms with van der Waals surface area (Å²) in [5.41, 5.74) is 1.79. The van der Waals surface area contributed by atoms with Crippen molar-refractivity contribution in [2.24, 2.45) is 11.8 Å². The first-order chi connectivity index (χ1) is 17.1. The molecular weight excluding hydrogens is 476 g/mol. The number of carbonyl (C=O) groups is 3. The molecule has 0 saturated heterocycles. The van der Waals surface area contributed by atoms with Crippen LogP contribution in [0.3, 0.4) is 0 Å². The molecule has 1 aliphatic rings. The van der Waals surface area contributed by atoms with Crippen LogP contribution in [0.15, 0.2) is 72.8 Å². The van der Waals surface area contributed by atoms with Crippen LogP contribution in [0.25, 0.3) is 0 Å². The lowest BCUT2D eigenvalue weighted by Crippen LogP contribution is -2.56. The van der Waals surface area contributed by atoms with Gasteiger partial charge in [-0.05, 0) is 61.7 Å². The molecule has 186 valence electrons. The van der Waals surface area contributed by atoms with Gasteiger partial charge in [0.2, 0.25) is 11.8 Å². The summed E-state index contributed by atoms with van der Waals surface area (Å²) in [6.07, 6.45) is -0.325. The number of hydrogen-bond donors (Lipinski definition) is 3. The highest BCUT2D eigenvalue weighted by atomic mass is 35.5. The summed E-state index contributed by atoms with van der Waals surface area (Å²) in [4.78, 5) is 40.7. The summed E-state index contributed by atoms with van der Waals surface area (Å²) in [6, 6.07) is 21.3. The maximum atomic E-state index is 13.7. The van der Waals surface area contributed by atoms with Crippen LogP contribution in [0.1, 0.15) is 36.0 Å². The van der Waals surface area contributed by atoms with E-state index in [1.54, 1.807) is 48.5 Å². The second-order valence-corrected chi connectivity index (χ2v) is 10.1. The standard InChI is InChI=1S/C29H29ClN2O4/c1-17-8-4-6-10-21(17)31-27(34)25-23(33)16-29(3,36)26(24(25)19-12-14-20(30)15-13-19)28(35)32-22-11-7-5-9-18(22)2/h4-15,24-26,36H,16H2,1-3H3,(H,31,34)(H,32,35)/t24-,25+,26-,29+/m1/s1. The van der Waals surface area contributed by atoms with Crippen LogP contribution in [0, 0.1) is 25.7 Å². The molecule has 1 fully saturated rings. The molecule has 0 aliphatic heterocycles. The quantitative estimate of drug-likeness (QED) is 0.412. The van der Waals surface area contributed by atoms with Gasteiger partial charge in [0, 0.05) is 28.7 Å². The van der Waals surface area contributed by atoms with E-state index in [0.717, 1.165) is 11.1 Å². The van der Waals surface area contributed by atoms with Crippen molar-refractivity contribution in [3.05, 3.63) is 94.5 Å². The first-order valence-corrected chi connectivity index (χ1v) is 12.2. The number of aliphatic hydroxyl groups is 1. The zero-order chi connectivity index (χ0) is 26.0. The number of rotatable bonds is 5. The number of nitrogens with one attached hydrogen (secondary N) is 2. The zero-order valence-electron chi connectivity index (χ0n) is 20.4. The average Bonchev–Trinajstić information content (AvgIpc) is 2.81. The van der Waals surface area contributed by atoms with E-state index in [-0.39, 0.29) is 6.42 Å². The van der Waals surface area contributed by atoms with Gasteiger partial charge in [-0.15, -0.1) is 0 Å². The summed E-state index contributed by atoms with van der Waals surface area (Å²) in [7, 11) is 0. The Balaban J connectivity index is 1.78. The Morgan fingerprint density at radius 1 is 0.861 bits per heavy atom. The highest BCUT2D eigenvalue weighted by Gasteiger charge is 2.55. The molecule has 0 radical (unpaired) electrons. The van der Waals surface area contributed by atoms with Crippen molar-refractivity contribution < 1.29 is 19.5 Å². The lowest BCUT2D eigenvalue weighted by Gasteiger charge is -2.44. The molecule has 0 aromatic heterocycles. The Morgan fingerprint density at radius 2 is 1.36 bits per heavy atom. The highest BCUT2D eigenvalue weighted by molar-refractivity contribution is 6.30. The minimum atomic E-state index is -1.67. The van der Waals surface area contributed by atoms with Crippen molar-refractivity contribution in [3.8, 4) is 0 Å². The molecule has 4 rings (SSSR count). The second kappa shape index (κ2) is 10.2. The van der Waals surface area contributed by atoms with Gasteiger partial charge in [-0.1, -0.05) is 60.1 Å². The zero-order valence-corrected chi connectivity index (χ0v) is 21.2. The molecule has 3 aromatic carbocycles. The normalized spacial score (nSPS) is 23.7. The van der Waals surface area contributed by atoms with Gasteiger partial charge in [-0.2, -0.15) is 0 Å². The molecular formula is C29H29ClN2O4. The molecule has 0 heterocycles. The first kappa shape index (κ1) is 25.6. The maximum Gasteiger partial charge on any atom is 0.235 e. The van der Waals surface area contributed by atoms with Crippen LogP contribution in [-0.2, 0) is 14.4 Å². The van der Waals surface area contributed by atoms with Crippen molar-refractivity contribution in [2.75, 3.05) is 10.6 Å². The third-order valence-electron chi connectivity index (χ3n) is 6.89. The molecule has 3 aromatic rings. The Bertz CT molecular complexity index is 1300. The van der Waals surface area contributed by atoms with E-state index >= 15 is 0 Å². The number of halogens is 1. The van der Waals surface area contributed by atoms with Gasteiger partial charge in [0.1, 0.15) is 11.7 Å². The van der Waals surface area contributed by atoms with Crippen LogP contribution in [0.4, 0.5) is 11.4 Å². The molecule has 0 bridgehead atoms. The smallest absolute Gasteiger partial charge is 0.235 e. The van der Waals surface area contributed by atoms with Gasteiger partial charge in [0.25, 0.3) is 0 Å². The van der Waals surface area contributed by atoms with Crippen molar-refractivity contribution in [3.63, 3.8) is 0 Å². The molecule has 1 saturated carbocycles. The van der Waals surface area contributed by atoms with Gasteiger partial charge in [-0.25, -0.2) is 0 Å². The van der Waals surface area contributed by atoms with Gasteiger partial charge in [-0.3, -0.25) is 14.4 Å². The summed E-state index contributed by atoms with van der Waals surface area (Å²) >= 11 is 6.11. The van der Waals surface area contributed by atoms with Gasteiger partial charge in [0.15, 0.2) is 0 Å². The predicted octanol–water partition coefficient (Wildman–Crippen LogP) is 5.27. The third kappa shape index (κ3) is 5.20. The van der Waals surface area contributed by atoms with E-state index < -0.39 is 41.0 Å². The summed E-state index contributed by atoms with van der Waals surface area (Å²) < 4.78 is 0. The van der Waals surface area contributed by atoms with Crippen molar-refractivity contribution in [2.45, 2.75) is 38.7 Å². The van der Waals surface area contributed by atoms with Crippen LogP contribution in [0.5, 0.6) is 0 Å². The first-order valence-electron chi connectivity index (χ1n) is 11.8. The number of carbonyl (C=O) groups excluding carboxylic acids is 3. The Morgan fingerprint density at radius 3 is 1.89 bits per heavy atom. The van der Waals surface area contributed by atoms with Crippen LogP contribution < -0.4 is 10.6 Å². The summed E-state index contributed by atoms with van der Waals surface area (Å²) in [6.45, 7) is 5.21. The van der Waals surface area contributed by atoms with E-state index in [0.29, 0.717) is 22.0 Å². The number of ketones is 1. The number of para-hydroxylation sites is 2. The van der Waals surface area contributed by atoms with E-state index in [2.05, 4.69) is 10.6 Å².